The summed E-state index contributed by atoms with van der Waals surface area (Å²) in [5, 5.41) is 8.33. The highest BCUT2D eigenvalue weighted by Crippen LogP contribution is 1.86. The normalized spacial score (nSPS) is 13.2. The van der Waals surface area contributed by atoms with Gasteiger partial charge in [-0.05, 0) is 13.3 Å². The van der Waals surface area contributed by atoms with Crippen molar-refractivity contribution in [2.24, 2.45) is 5.73 Å². The van der Waals surface area contributed by atoms with Crippen LogP contribution in [0.1, 0.15) is 6.42 Å². The van der Waals surface area contributed by atoms with Gasteiger partial charge in [0.1, 0.15) is 0 Å². The molecule has 0 heterocycles. The van der Waals surface area contributed by atoms with E-state index in [0.717, 1.165) is 0 Å². The molecule has 0 saturated carbocycles. The first kappa shape index (κ1) is 11.7. The van der Waals surface area contributed by atoms with Crippen LogP contribution in [0.25, 0.3) is 0 Å². The van der Waals surface area contributed by atoms with Gasteiger partial charge in [-0.2, -0.15) is 0 Å². The largest absolute Gasteiger partial charge is 0.396 e. The van der Waals surface area contributed by atoms with E-state index >= 15 is 0 Å². The molecule has 1 atom stereocenters. The quantitative estimate of drug-likeness (QED) is 0.616. The van der Waals surface area contributed by atoms with Crippen molar-refractivity contribution in [3.8, 4) is 0 Å². The summed E-state index contributed by atoms with van der Waals surface area (Å²) in [6.07, 6.45) is 4.02. The van der Waals surface area contributed by atoms with Gasteiger partial charge in [-0.15, -0.1) is 12.4 Å². The molecule has 0 rings (SSSR count). The molecule has 0 saturated heterocycles. The summed E-state index contributed by atoms with van der Waals surface area (Å²) in [5.41, 5.74) is 5.41. The van der Waals surface area contributed by atoms with E-state index in [1.807, 2.05) is 0 Å². The standard InChI is InChI=1S/C6H12NO.ClH/c1-2-3-6(7)4-5-8;/h2-3,6,8H,1,4-5,7H2;1H. The Morgan fingerprint density at radius 3 is 2.56 bits per heavy atom. The summed E-state index contributed by atoms with van der Waals surface area (Å²) >= 11 is 0. The Kier molecular flexibility index (Phi) is 10.3. The highest BCUT2D eigenvalue weighted by Gasteiger charge is 1.91. The summed E-state index contributed by atoms with van der Waals surface area (Å²) in [4.78, 5) is 0. The van der Waals surface area contributed by atoms with E-state index in [0.29, 0.717) is 6.42 Å². The van der Waals surface area contributed by atoms with E-state index in [4.69, 9.17) is 10.8 Å². The smallest absolute Gasteiger partial charge is 0.0448 e. The molecule has 0 aromatic heterocycles. The molecular formula is C6H13ClNO. The second-order valence-corrected chi connectivity index (χ2v) is 1.60. The molecule has 9 heavy (non-hydrogen) atoms. The fourth-order valence-corrected chi connectivity index (χ4v) is 0.420. The summed E-state index contributed by atoms with van der Waals surface area (Å²) in [6, 6.07) is -0.0301. The third-order valence-electron chi connectivity index (χ3n) is 0.846. The Bertz CT molecular complexity index is 75.5. The van der Waals surface area contributed by atoms with Gasteiger partial charge in [-0.1, -0.05) is 12.2 Å². The maximum atomic E-state index is 8.33. The first-order valence-electron chi connectivity index (χ1n) is 2.63. The van der Waals surface area contributed by atoms with Gasteiger partial charge >= 0.3 is 0 Å². The zero-order chi connectivity index (χ0) is 6.41. The van der Waals surface area contributed by atoms with Crippen molar-refractivity contribution >= 4 is 12.4 Å². The number of aliphatic hydroxyl groups is 1. The van der Waals surface area contributed by atoms with Crippen molar-refractivity contribution in [2.75, 3.05) is 6.61 Å². The molecule has 0 bridgehead atoms. The van der Waals surface area contributed by atoms with Crippen molar-refractivity contribution in [2.45, 2.75) is 12.5 Å². The molecule has 0 aromatic rings. The molecule has 0 aliphatic carbocycles. The van der Waals surface area contributed by atoms with Gasteiger partial charge in [0.15, 0.2) is 0 Å². The van der Waals surface area contributed by atoms with Crippen LogP contribution in [0.5, 0.6) is 0 Å². The number of allylic oxidation sites excluding steroid dienone is 1. The molecule has 1 unspecified atom stereocenters. The number of aliphatic hydroxyl groups excluding tert-OH is 1. The van der Waals surface area contributed by atoms with E-state index in [1.165, 1.54) is 0 Å². The Morgan fingerprint density at radius 1 is 1.67 bits per heavy atom. The molecular weight excluding hydrogens is 138 g/mol. The van der Waals surface area contributed by atoms with Crippen molar-refractivity contribution < 1.29 is 5.11 Å². The van der Waals surface area contributed by atoms with Crippen LogP contribution in [0.3, 0.4) is 0 Å². The lowest BCUT2D eigenvalue weighted by atomic mass is 10.2. The molecule has 0 spiro atoms. The van der Waals surface area contributed by atoms with Crippen LogP contribution in [0.15, 0.2) is 12.2 Å². The van der Waals surface area contributed by atoms with Gasteiger partial charge in [0, 0.05) is 12.6 Å². The molecule has 3 heteroatoms. The fraction of sp³-hybridized carbons (Fsp3) is 0.500. The second-order valence-electron chi connectivity index (χ2n) is 1.60. The average molecular weight is 151 g/mol. The Labute approximate surface area is 62.2 Å². The minimum Gasteiger partial charge on any atom is -0.396 e. The summed E-state index contributed by atoms with van der Waals surface area (Å²) < 4.78 is 0. The van der Waals surface area contributed by atoms with Gasteiger partial charge in [0.2, 0.25) is 0 Å². The van der Waals surface area contributed by atoms with Crippen LogP contribution >= 0.6 is 12.4 Å². The van der Waals surface area contributed by atoms with Gasteiger partial charge in [0.25, 0.3) is 0 Å². The minimum absolute atomic E-state index is 0. The monoisotopic (exact) mass is 150 g/mol. The van der Waals surface area contributed by atoms with Crippen molar-refractivity contribution in [1.82, 2.24) is 0 Å². The van der Waals surface area contributed by atoms with E-state index < -0.39 is 0 Å². The predicted octanol–water partition coefficient (Wildman–Crippen LogP) is 0.508. The highest BCUT2D eigenvalue weighted by atomic mass is 35.5. The third kappa shape index (κ3) is 7.95. The van der Waals surface area contributed by atoms with Crippen LogP contribution < -0.4 is 5.73 Å². The van der Waals surface area contributed by atoms with Crippen LogP contribution in [-0.4, -0.2) is 17.8 Å². The second kappa shape index (κ2) is 7.95. The highest BCUT2D eigenvalue weighted by molar-refractivity contribution is 5.85. The van der Waals surface area contributed by atoms with E-state index in [2.05, 4.69) is 6.92 Å². The number of halogens is 1. The van der Waals surface area contributed by atoms with Gasteiger partial charge in [-0.3, -0.25) is 0 Å². The Hall–Kier alpha value is -0.0500. The first-order valence-corrected chi connectivity index (χ1v) is 2.63. The van der Waals surface area contributed by atoms with Gasteiger partial charge in [0.05, 0.1) is 0 Å². The van der Waals surface area contributed by atoms with Gasteiger partial charge in [-0.25, -0.2) is 0 Å². The molecule has 2 nitrogen and oxygen atoms in total. The number of rotatable bonds is 3. The Morgan fingerprint density at radius 2 is 2.22 bits per heavy atom. The lowest BCUT2D eigenvalue weighted by Crippen LogP contribution is -2.17. The molecule has 0 fully saturated rings. The lowest BCUT2D eigenvalue weighted by Gasteiger charge is -1.99. The molecule has 1 radical (unpaired) electrons. The summed E-state index contributed by atoms with van der Waals surface area (Å²) in [6.45, 7) is 3.61. The molecule has 0 aliphatic heterocycles. The predicted molar refractivity (Wildman–Crippen MR) is 41.4 cm³/mol. The minimum atomic E-state index is -0.0301. The zero-order valence-electron chi connectivity index (χ0n) is 5.29. The first-order chi connectivity index (χ1) is 3.81. The van der Waals surface area contributed by atoms with Crippen LogP contribution in [0.4, 0.5) is 0 Å². The average Bonchev–Trinajstić information content (AvgIpc) is 1.68. The number of hydrogen-bond acceptors (Lipinski definition) is 2. The summed E-state index contributed by atoms with van der Waals surface area (Å²) in [5.74, 6) is 0. The maximum Gasteiger partial charge on any atom is 0.0448 e. The summed E-state index contributed by atoms with van der Waals surface area (Å²) in [7, 11) is 0. The van der Waals surface area contributed by atoms with Crippen LogP contribution in [0, 0.1) is 6.92 Å². The topological polar surface area (TPSA) is 46.2 Å². The molecule has 0 aliphatic rings. The number of hydrogen-bond donors (Lipinski definition) is 2. The zero-order valence-corrected chi connectivity index (χ0v) is 6.10. The fourth-order valence-electron chi connectivity index (χ4n) is 0.420. The maximum absolute atomic E-state index is 8.33. The molecule has 0 amide bonds. The molecule has 0 aromatic carbocycles. The Balaban J connectivity index is 0. The van der Waals surface area contributed by atoms with Crippen LogP contribution in [0.2, 0.25) is 0 Å². The van der Waals surface area contributed by atoms with Crippen molar-refractivity contribution in [3.05, 3.63) is 19.1 Å². The van der Waals surface area contributed by atoms with E-state index in [9.17, 15) is 0 Å². The lowest BCUT2D eigenvalue weighted by molar-refractivity contribution is 0.283. The molecule has 55 valence electrons. The van der Waals surface area contributed by atoms with E-state index in [1.54, 1.807) is 12.2 Å². The molecule has 3 N–H and O–H groups in total. The SMILES string of the molecule is Cl.[CH2]C=CC(N)CCO. The van der Waals surface area contributed by atoms with Crippen molar-refractivity contribution in [1.29, 1.82) is 0 Å². The van der Waals surface area contributed by atoms with Crippen molar-refractivity contribution in [3.63, 3.8) is 0 Å². The van der Waals surface area contributed by atoms with Crippen LogP contribution in [-0.2, 0) is 0 Å². The number of nitrogens with two attached hydrogens (primary N) is 1. The van der Waals surface area contributed by atoms with E-state index in [-0.39, 0.29) is 25.1 Å². The van der Waals surface area contributed by atoms with Gasteiger partial charge < -0.3 is 10.8 Å². The third-order valence-corrected chi connectivity index (χ3v) is 0.846.